The Labute approximate surface area is 121 Å². The smallest absolute Gasteiger partial charge is 0.133 e. The highest BCUT2D eigenvalue weighted by molar-refractivity contribution is 5.81. The van der Waals surface area contributed by atoms with Gasteiger partial charge in [-0.25, -0.2) is 4.98 Å². The Morgan fingerprint density at radius 2 is 2.10 bits per heavy atom. The monoisotopic (exact) mass is 269 g/mol. The number of fused-ring (bicyclic) bond motifs is 1. The van der Waals surface area contributed by atoms with Gasteiger partial charge >= 0.3 is 0 Å². The van der Waals surface area contributed by atoms with Crippen LogP contribution in [-0.4, -0.2) is 24.6 Å². The Morgan fingerprint density at radius 3 is 2.80 bits per heavy atom. The molecule has 1 aliphatic rings. The number of pyridine rings is 1. The molecular formula is C17H23N3. The predicted octanol–water partition coefficient (Wildman–Crippen LogP) is 3.33. The summed E-state index contributed by atoms with van der Waals surface area (Å²) in [6.07, 6.45) is 3.95. The number of nitrogens with one attached hydrogen (secondary N) is 1. The van der Waals surface area contributed by atoms with Crippen LogP contribution in [0.3, 0.4) is 0 Å². The molecule has 2 aromatic rings. The molecule has 1 fully saturated rings. The Morgan fingerprint density at radius 1 is 1.30 bits per heavy atom. The summed E-state index contributed by atoms with van der Waals surface area (Å²) in [5.41, 5.74) is 2.40. The van der Waals surface area contributed by atoms with Crippen LogP contribution in [0.5, 0.6) is 0 Å². The average molecular weight is 269 g/mol. The number of benzene rings is 1. The highest BCUT2D eigenvalue weighted by Crippen LogP contribution is 2.30. The van der Waals surface area contributed by atoms with Crippen molar-refractivity contribution in [1.82, 2.24) is 10.3 Å². The fraction of sp³-hybridized carbons (Fsp3) is 0.471. The van der Waals surface area contributed by atoms with Gasteiger partial charge in [-0.2, -0.15) is 0 Å². The van der Waals surface area contributed by atoms with E-state index < -0.39 is 0 Å². The van der Waals surface area contributed by atoms with E-state index in [0.717, 1.165) is 24.4 Å². The van der Waals surface area contributed by atoms with Crippen molar-refractivity contribution in [1.29, 1.82) is 0 Å². The van der Waals surface area contributed by atoms with Gasteiger partial charge in [0.05, 0.1) is 5.52 Å². The zero-order valence-electron chi connectivity index (χ0n) is 12.4. The normalized spacial score (nSPS) is 15.3. The lowest BCUT2D eigenvalue weighted by Gasteiger charge is -2.36. The lowest BCUT2D eigenvalue weighted by atomic mass is 9.91. The minimum absolute atomic E-state index is 0.670. The van der Waals surface area contributed by atoms with Gasteiger partial charge in [-0.05, 0) is 37.9 Å². The van der Waals surface area contributed by atoms with Gasteiger partial charge in [0.1, 0.15) is 5.82 Å². The minimum atomic E-state index is 0.670. The van der Waals surface area contributed by atoms with E-state index in [0.29, 0.717) is 6.04 Å². The summed E-state index contributed by atoms with van der Waals surface area (Å²) in [5, 5.41) is 4.66. The molecule has 0 atom stereocenters. The number of para-hydroxylation sites is 1. The Balaban J connectivity index is 2.01. The molecule has 0 aliphatic heterocycles. The first kappa shape index (κ1) is 13.4. The molecule has 3 nitrogen and oxygen atoms in total. The molecule has 1 heterocycles. The molecule has 0 bridgehead atoms. The third kappa shape index (κ3) is 2.50. The van der Waals surface area contributed by atoms with Crippen LogP contribution in [0.25, 0.3) is 10.9 Å². The zero-order chi connectivity index (χ0) is 13.9. The van der Waals surface area contributed by atoms with E-state index in [1.807, 2.05) is 0 Å². The number of hydrogen-bond acceptors (Lipinski definition) is 3. The summed E-state index contributed by atoms with van der Waals surface area (Å²) in [7, 11) is 2.19. The van der Waals surface area contributed by atoms with Gasteiger partial charge < -0.3 is 10.2 Å². The van der Waals surface area contributed by atoms with Gasteiger partial charge in [-0.15, -0.1) is 0 Å². The molecule has 0 spiro atoms. The third-order valence-electron chi connectivity index (χ3n) is 4.30. The van der Waals surface area contributed by atoms with E-state index in [4.69, 9.17) is 4.98 Å². The molecule has 1 aliphatic carbocycles. The van der Waals surface area contributed by atoms with Crippen LogP contribution in [-0.2, 0) is 6.54 Å². The van der Waals surface area contributed by atoms with Gasteiger partial charge in [0.25, 0.3) is 0 Å². The molecule has 0 saturated heterocycles. The van der Waals surface area contributed by atoms with Crippen LogP contribution < -0.4 is 10.2 Å². The number of rotatable bonds is 5. The molecular weight excluding hydrogens is 246 g/mol. The summed E-state index contributed by atoms with van der Waals surface area (Å²) in [6.45, 7) is 4.02. The van der Waals surface area contributed by atoms with Crippen molar-refractivity contribution >= 4 is 16.7 Å². The van der Waals surface area contributed by atoms with Crippen LogP contribution in [0.15, 0.2) is 30.3 Å². The Bertz CT molecular complexity index is 590. The highest BCUT2D eigenvalue weighted by Gasteiger charge is 2.24. The third-order valence-corrected chi connectivity index (χ3v) is 4.30. The van der Waals surface area contributed by atoms with Crippen LogP contribution >= 0.6 is 0 Å². The number of hydrogen-bond donors (Lipinski definition) is 1. The topological polar surface area (TPSA) is 28.2 Å². The second kappa shape index (κ2) is 5.80. The van der Waals surface area contributed by atoms with Gasteiger partial charge in [-0.1, -0.05) is 25.1 Å². The summed E-state index contributed by atoms with van der Waals surface area (Å²) in [6, 6.07) is 11.3. The van der Waals surface area contributed by atoms with E-state index in [-0.39, 0.29) is 0 Å². The summed E-state index contributed by atoms with van der Waals surface area (Å²) in [4.78, 5) is 7.29. The molecule has 3 rings (SSSR count). The molecule has 1 aromatic carbocycles. The molecule has 106 valence electrons. The zero-order valence-corrected chi connectivity index (χ0v) is 12.4. The second-order valence-electron chi connectivity index (χ2n) is 5.64. The highest BCUT2D eigenvalue weighted by atomic mass is 15.2. The molecule has 0 radical (unpaired) electrons. The van der Waals surface area contributed by atoms with Crippen molar-refractivity contribution in [3.63, 3.8) is 0 Å². The second-order valence-corrected chi connectivity index (χ2v) is 5.64. The summed E-state index contributed by atoms with van der Waals surface area (Å²) in [5.74, 6) is 1.15. The first-order chi connectivity index (χ1) is 9.79. The fourth-order valence-corrected chi connectivity index (χ4v) is 2.79. The van der Waals surface area contributed by atoms with Crippen molar-refractivity contribution in [3.05, 3.63) is 35.9 Å². The lowest BCUT2D eigenvalue weighted by molar-refractivity contribution is 0.398. The molecule has 0 amide bonds. The van der Waals surface area contributed by atoms with E-state index >= 15 is 0 Å². The van der Waals surface area contributed by atoms with Crippen molar-refractivity contribution in [2.75, 3.05) is 18.5 Å². The quantitative estimate of drug-likeness (QED) is 0.902. The molecule has 1 aromatic heterocycles. The first-order valence-electron chi connectivity index (χ1n) is 7.62. The number of nitrogens with zero attached hydrogens (tertiary/aromatic N) is 2. The van der Waals surface area contributed by atoms with Crippen molar-refractivity contribution in [2.45, 2.75) is 38.8 Å². The van der Waals surface area contributed by atoms with E-state index in [1.165, 1.54) is 30.2 Å². The van der Waals surface area contributed by atoms with Crippen molar-refractivity contribution in [3.8, 4) is 0 Å². The first-order valence-corrected chi connectivity index (χ1v) is 7.62. The number of anilines is 1. The van der Waals surface area contributed by atoms with E-state index in [9.17, 15) is 0 Å². The summed E-state index contributed by atoms with van der Waals surface area (Å²) < 4.78 is 0. The van der Waals surface area contributed by atoms with E-state index in [2.05, 4.69) is 54.5 Å². The molecule has 3 heteroatoms. The van der Waals surface area contributed by atoms with Crippen LogP contribution in [0, 0.1) is 0 Å². The van der Waals surface area contributed by atoms with Gasteiger partial charge in [0.2, 0.25) is 0 Å². The van der Waals surface area contributed by atoms with Crippen LogP contribution in [0.2, 0.25) is 0 Å². The van der Waals surface area contributed by atoms with Gasteiger partial charge in [0.15, 0.2) is 0 Å². The fourth-order valence-electron chi connectivity index (χ4n) is 2.79. The standard InChI is InChI=1S/C17H23N3/c1-3-18-12-14-11-13-7-4-5-10-16(13)19-17(14)20(2)15-8-6-9-15/h4-5,7,10-11,15,18H,3,6,8-9,12H2,1-2H3. The van der Waals surface area contributed by atoms with Crippen LogP contribution in [0.1, 0.15) is 31.7 Å². The molecule has 20 heavy (non-hydrogen) atoms. The Hall–Kier alpha value is -1.61. The average Bonchev–Trinajstić information content (AvgIpc) is 2.42. The maximum Gasteiger partial charge on any atom is 0.133 e. The predicted molar refractivity (Wildman–Crippen MR) is 85.2 cm³/mol. The maximum atomic E-state index is 4.92. The molecule has 1 N–H and O–H groups in total. The summed E-state index contributed by atoms with van der Waals surface area (Å²) >= 11 is 0. The van der Waals surface area contributed by atoms with Crippen LogP contribution in [0.4, 0.5) is 5.82 Å². The Kier molecular flexibility index (Phi) is 3.88. The van der Waals surface area contributed by atoms with Gasteiger partial charge in [0, 0.05) is 30.6 Å². The van der Waals surface area contributed by atoms with E-state index in [1.54, 1.807) is 0 Å². The lowest BCUT2D eigenvalue weighted by Crippen LogP contribution is -2.38. The molecule has 0 unspecified atom stereocenters. The maximum absolute atomic E-state index is 4.92. The van der Waals surface area contributed by atoms with Crippen molar-refractivity contribution < 1.29 is 0 Å². The largest absolute Gasteiger partial charge is 0.356 e. The van der Waals surface area contributed by atoms with Crippen molar-refractivity contribution in [2.24, 2.45) is 0 Å². The molecule has 1 saturated carbocycles. The SMILES string of the molecule is CCNCc1cc2ccccc2nc1N(C)C1CCC1. The van der Waals surface area contributed by atoms with Gasteiger partial charge in [-0.3, -0.25) is 0 Å². The minimum Gasteiger partial charge on any atom is -0.356 e. The number of aromatic nitrogens is 1.